The first-order chi connectivity index (χ1) is 14.0. The molecule has 0 spiro atoms. The zero-order valence-electron chi connectivity index (χ0n) is 19.3. The molecule has 30 heavy (non-hydrogen) atoms. The molecular formula is C26H37NO3. The number of fused-ring (bicyclic) bond motifs is 1. The molecule has 0 unspecified atom stereocenters. The van der Waals surface area contributed by atoms with Gasteiger partial charge in [0.15, 0.2) is 5.72 Å². The largest absolute Gasteiger partial charge is 0.390 e. The first-order valence-corrected chi connectivity index (χ1v) is 11.4. The Bertz CT molecular complexity index is 860. The predicted octanol–water partition coefficient (Wildman–Crippen LogP) is 4.68. The van der Waals surface area contributed by atoms with Gasteiger partial charge in [0.2, 0.25) is 5.91 Å². The summed E-state index contributed by atoms with van der Waals surface area (Å²) >= 11 is 0. The second-order valence-electron chi connectivity index (χ2n) is 10.8. The van der Waals surface area contributed by atoms with E-state index in [-0.39, 0.29) is 23.2 Å². The van der Waals surface area contributed by atoms with Crippen LogP contribution in [0.4, 0.5) is 0 Å². The highest BCUT2D eigenvalue weighted by Crippen LogP contribution is 2.62. The minimum atomic E-state index is -0.869. The van der Waals surface area contributed by atoms with Crippen molar-refractivity contribution in [3.8, 4) is 0 Å². The molecule has 164 valence electrons. The molecule has 7 atom stereocenters. The molecule has 1 aliphatic heterocycles. The third-order valence-corrected chi connectivity index (χ3v) is 8.31. The Morgan fingerprint density at radius 2 is 2.07 bits per heavy atom. The first-order valence-electron chi connectivity index (χ1n) is 11.4. The van der Waals surface area contributed by atoms with Gasteiger partial charge in [-0.15, -0.1) is 0 Å². The average Bonchev–Trinajstić information content (AvgIpc) is 3.16. The van der Waals surface area contributed by atoms with Crippen LogP contribution in [0.5, 0.6) is 0 Å². The maximum Gasteiger partial charge on any atom is 0.249 e. The van der Waals surface area contributed by atoms with Gasteiger partial charge in [0.1, 0.15) is 0 Å². The third kappa shape index (κ3) is 3.23. The van der Waals surface area contributed by atoms with Crippen LogP contribution < -0.4 is 5.32 Å². The van der Waals surface area contributed by atoms with Crippen molar-refractivity contribution in [2.24, 2.45) is 29.1 Å². The highest BCUT2D eigenvalue weighted by Gasteiger charge is 2.66. The summed E-state index contributed by atoms with van der Waals surface area (Å²) in [6, 6.07) is 0. The second kappa shape index (κ2) is 7.20. The second-order valence-corrected chi connectivity index (χ2v) is 10.8. The van der Waals surface area contributed by atoms with E-state index in [9.17, 15) is 9.90 Å². The fraction of sp³-hybridized carbons (Fsp3) is 0.654. The number of nitrogens with one attached hydrogen (secondary N) is 1. The van der Waals surface area contributed by atoms with Gasteiger partial charge in [-0.25, -0.2) is 0 Å². The van der Waals surface area contributed by atoms with Gasteiger partial charge in [0.25, 0.3) is 0 Å². The molecule has 0 radical (unpaired) electrons. The quantitative estimate of drug-likeness (QED) is 0.661. The van der Waals surface area contributed by atoms with Crippen LogP contribution >= 0.6 is 0 Å². The van der Waals surface area contributed by atoms with Crippen molar-refractivity contribution >= 4 is 5.91 Å². The van der Waals surface area contributed by atoms with Crippen molar-refractivity contribution in [1.29, 1.82) is 0 Å². The maximum atomic E-state index is 12.8. The van der Waals surface area contributed by atoms with Gasteiger partial charge in [-0.05, 0) is 57.3 Å². The number of ether oxygens (including phenoxy) is 1. The Balaban J connectivity index is 1.74. The number of methoxy groups -OCH3 is 1. The van der Waals surface area contributed by atoms with Gasteiger partial charge in [-0.2, -0.15) is 0 Å². The van der Waals surface area contributed by atoms with Crippen LogP contribution in [0.2, 0.25) is 0 Å². The summed E-state index contributed by atoms with van der Waals surface area (Å²) in [5.74, 6) is 0.740. The molecule has 4 heteroatoms. The highest BCUT2D eigenvalue weighted by molar-refractivity contribution is 5.98. The monoisotopic (exact) mass is 411 g/mol. The molecule has 3 aliphatic carbocycles. The summed E-state index contributed by atoms with van der Waals surface area (Å²) in [6.45, 7) is 10.8. The lowest BCUT2D eigenvalue weighted by molar-refractivity contribution is -0.123. The van der Waals surface area contributed by atoms with E-state index >= 15 is 0 Å². The predicted molar refractivity (Wildman–Crippen MR) is 119 cm³/mol. The fourth-order valence-corrected chi connectivity index (χ4v) is 6.75. The van der Waals surface area contributed by atoms with Crippen LogP contribution in [0.25, 0.3) is 0 Å². The summed E-state index contributed by atoms with van der Waals surface area (Å²) < 4.78 is 5.86. The molecule has 1 heterocycles. The first kappa shape index (κ1) is 21.6. The Labute approximate surface area is 181 Å². The standard InChI is InChI=1S/C26H37NO3/c1-16(2)8-7-9-17(3)18-12-13-24(4)14-21-22-19(10-11-20(18)24)23(28)27-26(22,30-6)15-25(21,5)29/h7-11,17-18,21-22,29H,12-15H2,1-6H3,(H,27,28)/b9-7-,19-10+,20-11-/t17-,18+,21-,22-,24+,25+,26-/m0/s1. The maximum absolute atomic E-state index is 12.8. The van der Waals surface area contributed by atoms with E-state index in [1.54, 1.807) is 7.11 Å². The minimum absolute atomic E-state index is 0.00776. The zero-order valence-corrected chi connectivity index (χ0v) is 19.3. The number of carbonyl (C=O) groups excluding carboxylic acids is 1. The normalized spacial score (nSPS) is 46.8. The fourth-order valence-electron chi connectivity index (χ4n) is 6.75. The Hall–Kier alpha value is -1.65. The van der Waals surface area contributed by atoms with Gasteiger partial charge in [-0.1, -0.05) is 55.4 Å². The van der Waals surface area contributed by atoms with Crippen molar-refractivity contribution in [1.82, 2.24) is 5.32 Å². The Morgan fingerprint density at radius 3 is 2.73 bits per heavy atom. The van der Waals surface area contributed by atoms with Gasteiger partial charge in [-0.3, -0.25) is 4.79 Å². The lowest BCUT2D eigenvalue weighted by Gasteiger charge is -2.39. The molecule has 1 amide bonds. The molecular weight excluding hydrogens is 374 g/mol. The van der Waals surface area contributed by atoms with E-state index in [0.29, 0.717) is 18.3 Å². The molecule has 2 N–H and O–H groups in total. The zero-order chi connectivity index (χ0) is 21.9. The number of hydrogen-bond donors (Lipinski definition) is 2. The highest BCUT2D eigenvalue weighted by atomic mass is 16.5. The molecule has 0 bridgehead atoms. The topological polar surface area (TPSA) is 58.6 Å². The number of aliphatic hydroxyl groups is 1. The third-order valence-electron chi connectivity index (χ3n) is 8.31. The van der Waals surface area contributed by atoms with Gasteiger partial charge < -0.3 is 15.2 Å². The summed E-state index contributed by atoms with van der Waals surface area (Å²) in [6.07, 6.45) is 14.5. The molecule has 0 aromatic carbocycles. The van der Waals surface area contributed by atoms with Gasteiger partial charge in [0, 0.05) is 30.9 Å². The average molecular weight is 412 g/mol. The van der Waals surface area contributed by atoms with Gasteiger partial charge in [0.05, 0.1) is 5.60 Å². The minimum Gasteiger partial charge on any atom is -0.390 e. The van der Waals surface area contributed by atoms with Crippen LogP contribution in [0.3, 0.4) is 0 Å². The van der Waals surface area contributed by atoms with E-state index in [4.69, 9.17) is 4.74 Å². The summed E-state index contributed by atoms with van der Waals surface area (Å²) in [5.41, 5.74) is 1.90. The SMILES string of the molecule is CO[C@]12C[C@@](C)(O)[C@H]3C[C@@]4(C)CC[C@H]([C@@H](C)/C=C\C=C(C)C)/C4=C/C=C(/C(=O)N1)[C@@H]32. The van der Waals surface area contributed by atoms with Crippen molar-refractivity contribution in [2.45, 2.75) is 71.6 Å². The number of rotatable bonds is 4. The van der Waals surface area contributed by atoms with E-state index in [0.717, 1.165) is 24.8 Å². The number of allylic oxidation sites excluding steroid dienone is 7. The molecule has 0 aromatic rings. The summed E-state index contributed by atoms with van der Waals surface area (Å²) in [7, 11) is 1.65. The van der Waals surface area contributed by atoms with E-state index in [1.807, 2.05) is 13.0 Å². The van der Waals surface area contributed by atoms with Crippen LogP contribution in [-0.4, -0.2) is 29.4 Å². The van der Waals surface area contributed by atoms with Crippen LogP contribution in [0.15, 0.2) is 47.1 Å². The number of amides is 1. The van der Waals surface area contributed by atoms with Crippen LogP contribution in [0.1, 0.15) is 60.3 Å². The molecule has 3 fully saturated rings. The molecule has 4 nitrogen and oxygen atoms in total. The lowest BCUT2D eigenvalue weighted by atomic mass is 9.66. The van der Waals surface area contributed by atoms with E-state index < -0.39 is 11.3 Å². The molecule has 4 aliphatic rings. The Morgan fingerprint density at radius 1 is 1.33 bits per heavy atom. The molecule has 2 saturated carbocycles. The van der Waals surface area contributed by atoms with Crippen LogP contribution in [-0.2, 0) is 9.53 Å². The van der Waals surface area contributed by atoms with Crippen molar-refractivity contribution in [3.63, 3.8) is 0 Å². The smallest absolute Gasteiger partial charge is 0.249 e. The summed E-state index contributed by atoms with van der Waals surface area (Å²) in [5, 5.41) is 14.5. The molecule has 1 saturated heterocycles. The molecule has 4 rings (SSSR count). The number of carbonyl (C=O) groups is 1. The van der Waals surface area contributed by atoms with E-state index in [1.165, 1.54) is 11.1 Å². The lowest BCUT2D eigenvalue weighted by Crippen LogP contribution is -2.46. The number of hydrogen-bond acceptors (Lipinski definition) is 3. The molecule has 0 aromatic heterocycles. The van der Waals surface area contributed by atoms with Crippen molar-refractivity contribution < 1.29 is 14.6 Å². The van der Waals surface area contributed by atoms with Crippen molar-refractivity contribution in [2.75, 3.05) is 7.11 Å². The van der Waals surface area contributed by atoms with Crippen LogP contribution in [0, 0.1) is 29.1 Å². The van der Waals surface area contributed by atoms with Gasteiger partial charge >= 0.3 is 0 Å². The Kier molecular flexibility index (Phi) is 5.18. The van der Waals surface area contributed by atoms with E-state index in [2.05, 4.69) is 57.3 Å². The van der Waals surface area contributed by atoms with Crippen molar-refractivity contribution in [3.05, 3.63) is 47.1 Å². The summed E-state index contributed by atoms with van der Waals surface area (Å²) in [4.78, 5) is 12.8.